The Kier molecular flexibility index (Phi) is 6.74. The van der Waals surface area contributed by atoms with Crippen LogP contribution in [0.25, 0.3) is 0 Å². The Bertz CT molecular complexity index is 874. The number of nitrogens with two attached hydrogens (primary N) is 1. The summed E-state index contributed by atoms with van der Waals surface area (Å²) in [5.74, 6) is -0.761. The monoisotopic (exact) mass is 478 g/mol. The number of likely N-dealkylation sites (tertiary alicyclic amines) is 1. The Morgan fingerprint density at radius 1 is 1.12 bits per heavy atom. The molecular formula is C25H42N2O5Si. The van der Waals surface area contributed by atoms with Gasteiger partial charge in [0.25, 0.3) is 0 Å². The van der Waals surface area contributed by atoms with Crippen molar-refractivity contribution in [1.82, 2.24) is 4.90 Å². The number of rotatable bonds is 4. The molecule has 0 saturated carbocycles. The van der Waals surface area contributed by atoms with Crippen LogP contribution in [-0.4, -0.2) is 55.6 Å². The molecule has 8 heteroatoms. The van der Waals surface area contributed by atoms with Crippen LogP contribution in [0.3, 0.4) is 0 Å². The van der Waals surface area contributed by atoms with Gasteiger partial charge in [0.1, 0.15) is 17.8 Å². The smallest absolute Gasteiger partial charge is 0.411 e. The average molecular weight is 479 g/mol. The fraction of sp³-hybridized carbons (Fsp3) is 0.720. The molecule has 0 aromatic heterocycles. The first-order valence-electron chi connectivity index (χ1n) is 11.8. The first-order chi connectivity index (χ1) is 14.9. The number of carbonyl (C=O) groups excluding carboxylic acids is 1. The third-order valence-electron chi connectivity index (χ3n) is 6.79. The highest BCUT2D eigenvalue weighted by atomic mass is 28.4. The molecule has 0 bridgehead atoms. The lowest BCUT2D eigenvalue weighted by molar-refractivity contribution is -0.168. The lowest BCUT2D eigenvalue weighted by Crippen LogP contribution is -2.50. The molecule has 2 saturated heterocycles. The molecule has 2 aliphatic rings. The van der Waals surface area contributed by atoms with E-state index in [4.69, 9.17) is 24.4 Å². The Hall–Kier alpha value is -1.61. The Morgan fingerprint density at radius 3 is 2.27 bits per heavy atom. The lowest BCUT2D eigenvalue weighted by atomic mass is 10.0. The molecule has 0 radical (unpaired) electrons. The second-order valence-electron chi connectivity index (χ2n) is 12.2. The van der Waals surface area contributed by atoms with Crippen molar-refractivity contribution in [3.8, 4) is 0 Å². The molecule has 2 N–H and O–H groups in total. The van der Waals surface area contributed by atoms with Crippen LogP contribution in [0.5, 0.6) is 0 Å². The predicted molar refractivity (Wildman–Crippen MR) is 132 cm³/mol. The molecule has 2 fully saturated rings. The molecular weight excluding hydrogens is 436 g/mol. The Morgan fingerprint density at radius 2 is 1.73 bits per heavy atom. The van der Waals surface area contributed by atoms with Crippen LogP contribution >= 0.6 is 0 Å². The number of fused-ring (bicyclic) bond motifs is 1. The van der Waals surface area contributed by atoms with Gasteiger partial charge in [-0.05, 0) is 70.4 Å². The van der Waals surface area contributed by atoms with E-state index in [2.05, 4.69) is 33.9 Å². The van der Waals surface area contributed by atoms with Crippen molar-refractivity contribution in [1.29, 1.82) is 0 Å². The SMILES string of the molecule is CC(C)(C)OC(=O)N1[C@H](CO[Si](C)(C)C(C)(C)C)[C@H]2OC(C)(C)O[C@H]2[C@@H]1c1cccc(N)c1. The van der Waals surface area contributed by atoms with Crippen LogP contribution in [0, 0.1) is 0 Å². The van der Waals surface area contributed by atoms with E-state index in [1.807, 2.05) is 58.9 Å². The molecule has 2 aliphatic heterocycles. The molecule has 7 nitrogen and oxygen atoms in total. The number of nitrogens with zero attached hydrogens (tertiary/aromatic N) is 1. The molecule has 0 spiro atoms. The number of carbonyl (C=O) groups is 1. The summed E-state index contributed by atoms with van der Waals surface area (Å²) in [6, 6.07) is 6.84. The largest absolute Gasteiger partial charge is 0.444 e. The minimum absolute atomic E-state index is 0.0430. The Labute approximate surface area is 200 Å². The van der Waals surface area contributed by atoms with Gasteiger partial charge in [0.05, 0.1) is 18.7 Å². The van der Waals surface area contributed by atoms with Crippen LogP contribution in [-0.2, 0) is 18.6 Å². The first-order valence-corrected chi connectivity index (χ1v) is 14.7. The number of nitrogen functional groups attached to an aromatic ring is 1. The number of benzene rings is 1. The third-order valence-corrected chi connectivity index (χ3v) is 11.3. The van der Waals surface area contributed by atoms with Gasteiger partial charge in [-0.25, -0.2) is 4.79 Å². The van der Waals surface area contributed by atoms with Crippen LogP contribution < -0.4 is 5.73 Å². The molecule has 3 rings (SSSR count). The van der Waals surface area contributed by atoms with Gasteiger partial charge in [-0.3, -0.25) is 4.90 Å². The van der Waals surface area contributed by atoms with Gasteiger partial charge >= 0.3 is 6.09 Å². The third kappa shape index (κ3) is 5.56. The van der Waals surface area contributed by atoms with E-state index in [-0.39, 0.29) is 23.3 Å². The van der Waals surface area contributed by atoms with E-state index >= 15 is 0 Å². The lowest BCUT2D eigenvalue weighted by Gasteiger charge is -2.40. The van der Waals surface area contributed by atoms with Gasteiger partial charge in [-0.2, -0.15) is 0 Å². The normalized spacial score (nSPS) is 27.5. The van der Waals surface area contributed by atoms with Crippen molar-refractivity contribution in [3.63, 3.8) is 0 Å². The van der Waals surface area contributed by atoms with Gasteiger partial charge < -0.3 is 24.4 Å². The van der Waals surface area contributed by atoms with Crippen molar-refractivity contribution in [2.45, 2.75) is 109 Å². The molecule has 0 unspecified atom stereocenters. The summed E-state index contributed by atoms with van der Waals surface area (Å²) in [5.41, 5.74) is 7.00. The number of hydrogen-bond acceptors (Lipinski definition) is 6. The van der Waals surface area contributed by atoms with Gasteiger partial charge in [-0.1, -0.05) is 32.9 Å². The number of anilines is 1. The zero-order valence-corrected chi connectivity index (χ0v) is 22.9. The number of hydrogen-bond donors (Lipinski definition) is 1. The van der Waals surface area contributed by atoms with Crippen molar-refractivity contribution in [3.05, 3.63) is 29.8 Å². The fourth-order valence-electron chi connectivity index (χ4n) is 4.22. The summed E-state index contributed by atoms with van der Waals surface area (Å²) < 4.78 is 25.2. The number of ether oxygens (including phenoxy) is 3. The van der Waals surface area contributed by atoms with E-state index in [9.17, 15) is 4.79 Å². The zero-order chi connectivity index (χ0) is 25.0. The first kappa shape index (κ1) is 26.0. The predicted octanol–water partition coefficient (Wildman–Crippen LogP) is 5.47. The van der Waals surface area contributed by atoms with E-state index < -0.39 is 31.8 Å². The highest BCUT2D eigenvalue weighted by Crippen LogP contribution is 2.48. The molecule has 4 atom stereocenters. The van der Waals surface area contributed by atoms with Crippen LogP contribution in [0.1, 0.15) is 67.0 Å². The fourth-order valence-corrected chi connectivity index (χ4v) is 5.24. The summed E-state index contributed by atoms with van der Waals surface area (Å²) >= 11 is 0. The summed E-state index contributed by atoms with van der Waals surface area (Å²) in [7, 11) is -2.07. The highest BCUT2D eigenvalue weighted by Gasteiger charge is 2.60. The van der Waals surface area contributed by atoms with Crippen molar-refractivity contribution >= 4 is 20.1 Å². The number of amides is 1. The maximum Gasteiger partial charge on any atom is 0.411 e. The topological polar surface area (TPSA) is 83.2 Å². The molecule has 186 valence electrons. The Balaban J connectivity index is 2.04. The average Bonchev–Trinajstić information content (AvgIpc) is 3.07. The van der Waals surface area contributed by atoms with Gasteiger partial charge in [0.2, 0.25) is 0 Å². The molecule has 1 aromatic carbocycles. The highest BCUT2D eigenvalue weighted by molar-refractivity contribution is 6.74. The molecule has 1 aromatic rings. The summed E-state index contributed by atoms with van der Waals surface area (Å²) in [4.78, 5) is 15.3. The van der Waals surface area contributed by atoms with Gasteiger partial charge in [-0.15, -0.1) is 0 Å². The summed E-state index contributed by atoms with van der Waals surface area (Å²) in [5, 5.41) is 0.0430. The van der Waals surface area contributed by atoms with Crippen molar-refractivity contribution in [2.24, 2.45) is 0 Å². The maximum atomic E-state index is 13.6. The second kappa shape index (κ2) is 8.55. The second-order valence-corrected chi connectivity index (χ2v) is 17.0. The van der Waals surface area contributed by atoms with Crippen LogP contribution in [0.4, 0.5) is 10.5 Å². The molecule has 2 heterocycles. The van der Waals surface area contributed by atoms with E-state index in [0.29, 0.717) is 12.3 Å². The maximum absolute atomic E-state index is 13.6. The van der Waals surface area contributed by atoms with Crippen molar-refractivity contribution in [2.75, 3.05) is 12.3 Å². The minimum Gasteiger partial charge on any atom is -0.444 e. The van der Waals surface area contributed by atoms with Crippen molar-refractivity contribution < 1.29 is 23.4 Å². The molecule has 1 amide bonds. The summed E-state index contributed by atoms with van der Waals surface area (Å²) in [6.45, 7) is 20.8. The van der Waals surface area contributed by atoms with Crippen LogP contribution in [0.15, 0.2) is 24.3 Å². The van der Waals surface area contributed by atoms with E-state index in [1.165, 1.54) is 0 Å². The van der Waals surface area contributed by atoms with E-state index in [1.54, 1.807) is 4.90 Å². The van der Waals surface area contributed by atoms with Gasteiger partial charge in [0, 0.05) is 5.69 Å². The van der Waals surface area contributed by atoms with E-state index in [0.717, 1.165) is 5.56 Å². The van der Waals surface area contributed by atoms with Gasteiger partial charge in [0.15, 0.2) is 14.1 Å². The molecule has 33 heavy (non-hydrogen) atoms. The summed E-state index contributed by atoms with van der Waals surface area (Å²) in [6.07, 6.45) is -1.11. The minimum atomic E-state index is -2.07. The standard InChI is InChI=1S/C25H42N2O5Si/c1-23(2,3)32-22(28)27-18(15-29-33(9,10)24(4,5)6)20-21(31-25(7,8)30-20)19(27)16-12-11-13-17(26)14-16/h11-14,18-21H,15,26H2,1-10H3/t18-,19+,20-,21+/m1/s1. The van der Waals surface area contributed by atoms with Crippen LogP contribution in [0.2, 0.25) is 18.1 Å². The zero-order valence-electron chi connectivity index (χ0n) is 21.9. The quantitative estimate of drug-likeness (QED) is 0.456. The molecule has 0 aliphatic carbocycles.